The Kier molecular flexibility index (Phi) is 5.75. The van der Waals surface area contributed by atoms with E-state index in [4.69, 9.17) is 9.47 Å². The molecule has 0 radical (unpaired) electrons. The van der Waals surface area contributed by atoms with Gasteiger partial charge in [-0.2, -0.15) is 0 Å². The number of carbonyl (C=O) groups excluding carboxylic acids is 1. The molecule has 0 unspecified atom stereocenters. The Morgan fingerprint density at radius 2 is 1.89 bits per heavy atom. The van der Waals surface area contributed by atoms with Crippen LogP contribution < -0.4 is 9.47 Å². The fourth-order valence-electron chi connectivity index (χ4n) is 2.54. The van der Waals surface area contributed by atoms with Crippen molar-refractivity contribution in [1.82, 2.24) is 14.8 Å². The highest BCUT2D eigenvalue weighted by atomic mass is 32.2. The van der Waals surface area contributed by atoms with Crippen LogP contribution in [0, 0.1) is 5.82 Å². The average molecular weight is 387 g/mol. The molecule has 0 aliphatic heterocycles. The highest BCUT2D eigenvalue weighted by Gasteiger charge is 2.15. The molecule has 0 spiro atoms. The molecule has 140 valence electrons. The second kappa shape index (κ2) is 8.22. The van der Waals surface area contributed by atoms with Gasteiger partial charge in [0, 0.05) is 18.2 Å². The second-order valence-electron chi connectivity index (χ2n) is 5.66. The zero-order valence-corrected chi connectivity index (χ0v) is 15.9. The third-order valence-corrected chi connectivity index (χ3v) is 4.98. The van der Waals surface area contributed by atoms with Crippen LogP contribution in [0.2, 0.25) is 0 Å². The van der Waals surface area contributed by atoms with E-state index in [-0.39, 0.29) is 17.4 Å². The number of halogens is 1. The van der Waals surface area contributed by atoms with Crippen molar-refractivity contribution in [3.05, 3.63) is 53.8 Å². The lowest BCUT2D eigenvalue weighted by molar-refractivity contribution is 0.102. The third-order valence-electron chi connectivity index (χ3n) is 3.96. The molecule has 0 fully saturated rings. The zero-order valence-electron chi connectivity index (χ0n) is 15.1. The van der Waals surface area contributed by atoms with Crippen molar-refractivity contribution >= 4 is 17.5 Å². The number of ketones is 1. The molecule has 8 heteroatoms. The van der Waals surface area contributed by atoms with Crippen molar-refractivity contribution < 1.29 is 18.7 Å². The number of aromatic nitrogens is 3. The number of methoxy groups -OCH3 is 2. The standard InChI is InChI=1S/C19H18FN3O3S/c1-23-18(13-5-4-6-14(20)9-13)21-22-19(23)27-11-15(24)12-7-8-16(25-2)17(10-12)26-3/h4-10H,11H2,1-3H3. The van der Waals surface area contributed by atoms with Crippen molar-refractivity contribution in [1.29, 1.82) is 0 Å². The molecule has 6 nitrogen and oxygen atoms in total. The summed E-state index contributed by atoms with van der Waals surface area (Å²) in [4.78, 5) is 12.5. The van der Waals surface area contributed by atoms with Gasteiger partial charge in [0.2, 0.25) is 0 Å². The molecule has 1 aromatic heterocycles. The molecule has 3 aromatic rings. The average Bonchev–Trinajstić information content (AvgIpc) is 3.06. The summed E-state index contributed by atoms with van der Waals surface area (Å²) in [7, 11) is 4.84. The summed E-state index contributed by atoms with van der Waals surface area (Å²) in [5.74, 6) is 1.38. The van der Waals surface area contributed by atoms with Gasteiger partial charge in [-0.3, -0.25) is 4.79 Å². The summed E-state index contributed by atoms with van der Waals surface area (Å²) in [6, 6.07) is 11.2. The predicted molar refractivity (Wildman–Crippen MR) is 101 cm³/mol. The number of Topliss-reactive ketones (excluding diaryl/α,β-unsaturated/α-hetero) is 1. The number of thioether (sulfide) groups is 1. The molecular formula is C19H18FN3O3S. The molecule has 0 atom stereocenters. The lowest BCUT2D eigenvalue weighted by Crippen LogP contribution is -2.05. The van der Waals surface area contributed by atoms with Gasteiger partial charge in [-0.05, 0) is 30.3 Å². The van der Waals surface area contributed by atoms with Crippen LogP contribution in [0.15, 0.2) is 47.6 Å². The summed E-state index contributed by atoms with van der Waals surface area (Å²) in [6.07, 6.45) is 0. The Bertz CT molecular complexity index is 975. The van der Waals surface area contributed by atoms with Crippen LogP contribution in [0.25, 0.3) is 11.4 Å². The predicted octanol–water partition coefficient (Wildman–Crippen LogP) is 3.61. The fraction of sp³-hybridized carbons (Fsp3) is 0.211. The van der Waals surface area contributed by atoms with Crippen LogP contribution in [0.4, 0.5) is 4.39 Å². The minimum Gasteiger partial charge on any atom is -0.493 e. The molecule has 0 saturated carbocycles. The van der Waals surface area contributed by atoms with Crippen molar-refractivity contribution in [2.45, 2.75) is 5.16 Å². The summed E-state index contributed by atoms with van der Waals surface area (Å²) < 4.78 is 25.6. The fourth-order valence-corrected chi connectivity index (χ4v) is 3.35. The molecule has 2 aromatic carbocycles. The molecule has 0 aliphatic rings. The maximum absolute atomic E-state index is 13.4. The first-order valence-electron chi connectivity index (χ1n) is 8.07. The Morgan fingerprint density at radius 1 is 1.11 bits per heavy atom. The number of rotatable bonds is 7. The Morgan fingerprint density at radius 3 is 2.59 bits per heavy atom. The maximum Gasteiger partial charge on any atom is 0.191 e. The molecule has 0 saturated heterocycles. The number of nitrogens with zero attached hydrogens (tertiary/aromatic N) is 3. The quantitative estimate of drug-likeness (QED) is 0.456. The van der Waals surface area contributed by atoms with Gasteiger partial charge in [-0.15, -0.1) is 10.2 Å². The minimum absolute atomic E-state index is 0.0729. The largest absolute Gasteiger partial charge is 0.493 e. The van der Waals surface area contributed by atoms with E-state index in [0.29, 0.717) is 33.6 Å². The van der Waals surface area contributed by atoms with Gasteiger partial charge in [0.05, 0.1) is 20.0 Å². The molecule has 1 heterocycles. The van der Waals surface area contributed by atoms with Gasteiger partial charge in [0.1, 0.15) is 5.82 Å². The van der Waals surface area contributed by atoms with Crippen molar-refractivity contribution in [3.63, 3.8) is 0 Å². The summed E-state index contributed by atoms with van der Waals surface area (Å²) in [5.41, 5.74) is 1.15. The van der Waals surface area contributed by atoms with Crippen LogP contribution in [0.3, 0.4) is 0 Å². The van der Waals surface area contributed by atoms with Crippen LogP contribution in [-0.2, 0) is 7.05 Å². The molecule has 3 rings (SSSR count). The van der Waals surface area contributed by atoms with Crippen LogP contribution in [-0.4, -0.2) is 40.5 Å². The maximum atomic E-state index is 13.4. The first-order valence-corrected chi connectivity index (χ1v) is 9.05. The van der Waals surface area contributed by atoms with E-state index in [9.17, 15) is 9.18 Å². The van der Waals surface area contributed by atoms with E-state index in [1.54, 1.807) is 49.1 Å². The first kappa shape index (κ1) is 18.9. The van der Waals surface area contributed by atoms with E-state index < -0.39 is 0 Å². The number of carbonyl (C=O) groups is 1. The molecule has 0 N–H and O–H groups in total. The Labute approximate surface area is 160 Å². The van der Waals surface area contributed by atoms with Gasteiger partial charge in [-0.25, -0.2) is 4.39 Å². The lowest BCUT2D eigenvalue weighted by atomic mass is 10.1. The normalized spacial score (nSPS) is 10.7. The Hall–Kier alpha value is -2.87. The molecule has 27 heavy (non-hydrogen) atoms. The molecule has 0 bridgehead atoms. The monoisotopic (exact) mass is 387 g/mol. The first-order chi connectivity index (χ1) is 13.0. The molecule has 0 amide bonds. The van der Waals surface area contributed by atoms with Gasteiger partial charge < -0.3 is 14.0 Å². The molecular weight excluding hydrogens is 369 g/mol. The van der Waals surface area contributed by atoms with Crippen molar-refractivity contribution in [2.24, 2.45) is 7.05 Å². The van der Waals surface area contributed by atoms with E-state index in [0.717, 1.165) is 0 Å². The van der Waals surface area contributed by atoms with Crippen LogP contribution in [0.1, 0.15) is 10.4 Å². The second-order valence-corrected chi connectivity index (χ2v) is 6.60. The molecule has 0 aliphatic carbocycles. The number of ether oxygens (including phenoxy) is 2. The van der Waals surface area contributed by atoms with Gasteiger partial charge >= 0.3 is 0 Å². The number of hydrogen-bond acceptors (Lipinski definition) is 6. The highest BCUT2D eigenvalue weighted by Crippen LogP contribution is 2.29. The van der Waals surface area contributed by atoms with E-state index in [1.807, 2.05) is 0 Å². The van der Waals surface area contributed by atoms with Gasteiger partial charge in [0.15, 0.2) is 28.3 Å². The topological polar surface area (TPSA) is 66.2 Å². The van der Waals surface area contributed by atoms with Gasteiger partial charge in [-0.1, -0.05) is 23.9 Å². The van der Waals surface area contributed by atoms with Crippen LogP contribution in [0.5, 0.6) is 11.5 Å². The third kappa shape index (κ3) is 4.11. The Balaban J connectivity index is 1.73. The highest BCUT2D eigenvalue weighted by molar-refractivity contribution is 7.99. The van der Waals surface area contributed by atoms with Crippen molar-refractivity contribution in [3.8, 4) is 22.9 Å². The van der Waals surface area contributed by atoms with E-state index in [1.165, 1.54) is 31.0 Å². The lowest BCUT2D eigenvalue weighted by Gasteiger charge is -2.09. The van der Waals surface area contributed by atoms with E-state index in [2.05, 4.69) is 10.2 Å². The SMILES string of the molecule is COc1ccc(C(=O)CSc2nnc(-c3cccc(F)c3)n2C)cc1OC. The number of benzene rings is 2. The summed E-state index contributed by atoms with van der Waals surface area (Å²) >= 11 is 1.27. The summed E-state index contributed by atoms with van der Waals surface area (Å²) in [6.45, 7) is 0. The smallest absolute Gasteiger partial charge is 0.191 e. The van der Waals surface area contributed by atoms with Crippen LogP contribution >= 0.6 is 11.8 Å². The zero-order chi connectivity index (χ0) is 19.4. The summed E-state index contributed by atoms with van der Waals surface area (Å²) in [5, 5.41) is 8.78. The van der Waals surface area contributed by atoms with Crippen molar-refractivity contribution in [2.75, 3.05) is 20.0 Å². The van der Waals surface area contributed by atoms with E-state index >= 15 is 0 Å². The number of hydrogen-bond donors (Lipinski definition) is 0. The minimum atomic E-state index is -0.340. The van der Waals surface area contributed by atoms with Gasteiger partial charge in [0.25, 0.3) is 0 Å².